The third-order valence-corrected chi connectivity index (χ3v) is 2.98. The Morgan fingerprint density at radius 1 is 1.43 bits per heavy atom. The van der Waals surface area contributed by atoms with Crippen LogP contribution in [0.25, 0.3) is 0 Å². The van der Waals surface area contributed by atoms with Gasteiger partial charge in [-0.15, -0.1) is 0 Å². The van der Waals surface area contributed by atoms with Gasteiger partial charge in [0, 0.05) is 30.2 Å². The fourth-order valence-electron chi connectivity index (χ4n) is 1.99. The molecule has 1 N–H and O–H groups in total. The maximum atomic E-state index is 11.0. The van der Waals surface area contributed by atoms with E-state index in [4.69, 9.17) is 4.74 Å². The Morgan fingerprint density at radius 3 is 2.86 bits per heavy atom. The topological polar surface area (TPSA) is 77.3 Å². The van der Waals surface area contributed by atoms with Crippen molar-refractivity contribution in [3.63, 3.8) is 0 Å². The molecule has 110 valence electrons. The highest BCUT2D eigenvalue weighted by Gasteiger charge is 2.12. The lowest BCUT2D eigenvalue weighted by molar-refractivity contribution is -0.384. The molecule has 0 aliphatic rings. The molecule has 0 bridgehead atoms. The summed E-state index contributed by atoms with van der Waals surface area (Å²) in [6, 6.07) is 8.45. The van der Waals surface area contributed by atoms with Crippen molar-refractivity contribution < 1.29 is 9.66 Å². The quantitative estimate of drug-likeness (QED) is 0.649. The van der Waals surface area contributed by atoms with Crippen LogP contribution in [-0.4, -0.2) is 16.5 Å². The molecule has 0 radical (unpaired) electrons. The summed E-state index contributed by atoms with van der Waals surface area (Å²) in [7, 11) is 0. The predicted molar refractivity (Wildman–Crippen MR) is 80.5 cm³/mol. The minimum absolute atomic E-state index is 0.00170. The van der Waals surface area contributed by atoms with E-state index in [9.17, 15) is 10.1 Å². The molecule has 6 heteroatoms. The van der Waals surface area contributed by atoms with Crippen molar-refractivity contribution in [3.8, 4) is 5.75 Å². The Kier molecular flexibility index (Phi) is 4.71. The molecule has 1 atom stereocenters. The van der Waals surface area contributed by atoms with Gasteiger partial charge in [-0.25, -0.2) is 0 Å². The van der Waals surface area contributed by atoms with Crippen LogP contribution in [0, 0.1) is 10.1 Å². The third kappa shape index (κ3) is 3.92. The van der Waals surface area contributed by atoms with Gasteiger partial charge in [0.25, 0.3) is 5.69 Å². The summed E-state index contributed by atoms with van der Waals surface area (Å²) >= 11 is 0. The summed E-state index contributed by atoms with van der Waals surface area (Å²) < 4.78 is 5.37. The van der Waals surface area contributed by atoms with Crippen LogP contribution in [0.2, 0.25) is 0 Å². The lowest BCUT2D eigenvalue weighted by atomic mass is 10.1. The van der Waals surface area contributed by atoms with E-state index >= 15 is 0 Å². The molecule has 0 amide bonds. The molecule has 0 fully saturated rings. The number of rotatable bonds is 6. The van der Waals surface area contributed by atoms with E-state index in [1.165, 1.54) is 12.1 Å². The van der Waals surface area contributed by atoms with Crippen molar-refractivity contribution in [1.82, 2.24) is 4.98 Å². The first-order valence-electron chi connectivity index (χ1n) is 6.69. The van der Waals surface area contributed by atoms with Crippen LogP contribution in [-0.2, 0) is 0 Å². The molecular weight excluding hydrogens is 270 g/mol. The summed E-state index contributed by atoms with van der Waals surface area (Å²) in [5.74, 6) is 0.479. The monoisotopic (exact) mass is 287 g/mol. The van der Waals surface area contributed by atoms with Gasteiger partial charge < -0.3 is 10.1 Å². The number of ether oxygens (including phenoxy) is 1. The molecular formula is C15H17N3O3. The fourth-order valence-corrected chi connectivity index (χ4v) is 1.99. The first-order chi connectivity index (χ1) is 10.1. The zero-order chi connectivity index (χ0) is 15.2. The van der Waals surface area contributed by atoms with Crippen LogP contribution >= 0.6 is 0 Å². The van der Waals surface area contributed by atoms with E-state index in [-0.39, 0.29) is 11.7 Å². The van der Waals surface area contributed by atoms with E-state index in [1.807, 2.05) is 26.0 Å². The van der Waals surface area contributed by atoms with Crippen molar-refractivity contribution in [3.05, 3.63) is 58.4 Å². The van der Waals surface area contributed by atoms with Crippen LogP contribution < -0.4 is 10.1 Å². The number of nitrogens with one attached hydrogen (secondary N) is 1. The SMILES string of the molecule is CCOc1cc(NC(C)c2cccnc2)cc([N+](=O)[O-])c1. The fraction of sp³-hybridized carbons (Fsp3) is 0.267. The Bertz CT molecular complexity index is 617. The van der Waals surface area contributed by atoms with Crippen LogP contribution in [0.4, 0.5) is 11.4 Å². The van der Waals surface area contributed by atoms with Gasteiger partial charge in [-0.3, -0.25) is 15.1 Å². The van der Waals surface area contributed by atoms with E-state index in [2.05, 4.69) is 10.3 Å². The lowest BCUT2D eigenvalue weighted by Crippen LogP contribution is -2.07. The van der Waals surface area contributed by atoms with Gasteiger partial charge in [0.15, 0.2) is 0 Å². The second-order valence-corrected chi connectivity index (χ2v) is 4.56. The zero-order valence-electron chi connectivity index (χ0n) is 11.9. The molecule has 2 rings (SSSR count). The summed E-state index contributed by atoms with van der Waals surface area (Å²) in [5.41, 5.74) is 1.65. The number of hydrogen-bond acceptors (Lipinski definition) is 5. The molecule has 2 aromatic rings. The molecule has 1 unspecified atom stereocenters. The molecule has 1 heterocycles. The largest absolute Gasteiger partial charge is 0.494 e. The third-order valence-electron chi connectivity index (χ3n) is 2.98. The number of nitro benzene ring substituents is 1. The van der Waals surface area contributed by atoms with Crippen LogP contribution in [0.5, 0.6) is 5.75 Å². The zero-order valence-corrected chi connectivity index (χ0v) is 11.9. The van der Waals surface area contributed by atoms with Crippen molar-refractivity contribution in [2.75, 3.05) is 11.9 Å². The highest BCUT2D eigenvalue weighted by molar-refractivity contribution is 5.57. The minimum atomic E-state index is -0.428. The van der Waals surface area contributed by atoms with E-state index in [0.29, 0.717) is 18.0 Å². The first kappa shape index (κ1) is 14.8. The summed E-state index contributed by atoms with van der Waals surface area (Å²) in [5, 5.41) is 14.2. The van der Waals surface area contributed by atoms with Crippen molar-refractivity contribution in [1.29, 1.82) is 0 Å². The average molecular weight is 287 g/mol. The average Bonchev–Trinajstić information content (AvgIpc) is 2.48. The number of pyridine rings is 1. The second-order valence-electron chi connectivity index (χ2n) is 4.56. The minimum Gasteiger partial charge on any atom is -0.494 e. The Balaban J connectivity index is 2.24. The number of nitro groups is 1. The second kappa shape index (κ2) is 6.69. The van der Waals surface area contributed by atoms with Crippen molar-refractivity contribution >= 4 is 11.4 Å². The maximum absolute atomic E-state index is 11.0. The standard InChI is InChI=1S/C15H17N3O3/c1-3-21-15-8-13(7-14(9-15)18(19)20)17-11(2)12-5-4-6-16-10-12/h4-11,17H,3H2,1-2H3. The predicted octanol–water partition coefficient (Wildman–Crippen LogP) is 3.56. The van der Waals surface area contributed by atoms with Gasteiger partial charge in [0.2, 0.25) is 0 Å². The molecule has 6 nitrogen and oxygen atoms in total. The smallest absolute Gasteiger partial charge is 0.275 e. The summed E-state index contributed by atoms with van der Waals surface area (Å²) in [6.45, 7) is 4.26. The molecule has 0 saturated carbocycles. The normalized spacial score (nSPS) is 11.7. The number of benzene rings is 1. The van der Waals surface area contributed by atoms with E-state index in [0.717, 1.165) is 5.56 Å². The number of nitrogens with zero attached hydrogens (tertiary/aromatic N) is 2. The van der Waals surface area contributed by atoms with Crippen LogP contribution in [0.15, 0.2) is 42.7 Å². The molecule has 0 saturated heterocycles. The van der Waals surface area contributed by atoms with E-state index in [1.54, 1.807) is 18.5 Å². The highest BCUT2D eigenvalue weighted by Crippen LogP contribution is 2.28. The van der Waals surface area contributed by atoms with Gasteiger partial charge in [-0.2, -0.15) is 0 Å². The van der Waals surface area contributed by atoms with Gasteiger partial charge in [0.05, 0.1) is 23.6 Å². The highest BCUT2D eigenvalue weighted by atomic mass is 16.6. The Labute approximate surface area is 122 Å². The number of aromatic nitrogens is 1. The van der Waals surface area contributed by atoms with Gasteiger partial charge in [-0.05, 0) is 25.5 Å². The Hall–Kier alpha value is -2.63. The van der Waals surface area contributed by atoms with E-state index < -0.39 is 4.92 Å². The molecule has 0 aliphatic heterocycles. The first-order valence-corrected chi connectivity index (χ1v) is 6.69. The van der Waals surface area contributed by atoms with Gasteiger partial charge in [0.1, 0.15) is 5.75 Å². The number of non-ortho nitro benzene ring substituents is 1. The van der Waals surface area contributed by atoms with Gasteiger partial charge in [-0.1, -0.05) is 6.07 Å². The van der Waals surface area contributed by atoms with Crippen LogP contribution in [0.3, 0.4) is 0 Å². The van der Waals surface area contributed by atoms with Crippen LogP contribution in [0.1, 0.15) is 25.5 Å². The number of hydrogen-bond donors (Lipinski definition) is 1. The lowest BCUT2D eigenvalue weighted by Gasteiger charge is -2.16. The Morgan fingerprint density at radius 2 is 2.24 bits per heavy atom. The molecule has 21 heavy (non-hydrogen) atoms. The molecule has 1 aromatic heterocycles. The molecule has 0 aliphatic carbocycles. The number of anilines is 1. The van der Waals surface area contributed by atoms with Crippen molar-refractivity contribution in [2.45, 2.75) is 19.9 Å². The maximum Gasteiger partial charge on any atom is 0.275 e. The summed E-state index contributed by atoms with van der Waals surface area (Å²) in [6.07, 6.45) is 3.47. The molecule has 0 spiro atoms. The van der Waals surface area contributed by atoms with Crippen molar-refractivity contribution in [2.24, 2.45) is 0 Å². The summed E-state index contributed by atoms with van der Waals surface area (Å²) in [4.78, 5) is 14.6. The van der Waals surface area contributed by atoms with Gasteiger partial charge >= 0.3 is 0 Å². The molecule has 1 aromatic carbocycles.